The number of aromatic amines is 1. The first-order chi connectivity index (χ1) is 14.3. The van der Waals surface area contributed by atoms with E-state index in [9.17, 15) is 19.2 Å². The van der Waals surface area contributed by atoms with E-state index in [1.807, 2.05) is 7.05 Å². The molecule has 2 heterocycles. The van der Waals surface area contributed by atoms with Crippen LogP contribution in [0.25, 0.3) is 10.9 Å². The molecule has 1 unspecified atom stereocenters. The minimum Gasteiger partial charge on any atom is -0.480 e. The van der Waals surface area contributed by atoms with Crippen molar-refractivity contribution in [3.8, 4) is 0 Å². The Kier molecular flexibility index (Phi) is 6.48. The van der Waals surface area contributed by atoms with E-state index in [0.717, 1.165) is 0 Å². The van der Waals surface area contributed by atoms with Crippen LogP contribution in [0.4, 0.5) is 5.69 Å². The van der Waals surface area contributed by atoms with Gasteiger partial charge in [0.25, 0.3) is 11.7 Å². The second-order valence-corrected chi connectivity index (χ2v) is 7.29. The zero-order chi connectivity index (χ0) is 21.8. The van der Waals surface area contributed by atoms with Crippen molar-refractivity contribution in [3.05, 3.63) is 30.0 Å². The number of ketones is 1. The minimum absolute atomic E-state index is 0.240. The smallest absolute Gasteiger partial charge is 0.321 e. The lowest BCUT2D eigenvalue weighted by atomic mass is 10.1. The van der Waals surface area contributed by atoms with E-state index in [-0.39, 0.29) is 12.0 Å². The number of anilines is 1. The maximum Gasteiger partial charge on any atom is 0.321 e. The van der Waals surface area contributed by atoms with Crippen molar-refractivity contribution in [3.63, 3.8) is 0 Å². The predicted molar refractivity (Wildman–Crippen MR) is 110 cm³/mol. The topological polar surface area (TPSA) is 135 Å². The Morgan fingerprint density at radius 2 is 1.87 bits per heavy atom. The molecule has 0 aliphatic carbocycles. The lowest BCUT2D eigenvalue weighted by molar-refractivity contribution is -0.140. The lowest BCUT2D eigenvalue weighted by Crippen LogP contribution is -2.49. The number of carboxylic acids is 1. The number of aromatic nitrogens is 1. The predicted octanol–water partition coefficient (Wildman–Crippen LogP) is 0.126. The van der Waals surface area contributed by atoms with Gasteiger partial charge in [-0.25, -0.2) is 0 Å². The largest absolute Gasteiger partial charge is 0.480 e. The highest BCUT2D eigenvalue weighted by atomic mass is 16.4. The van der Waals surface area contributed by atoms with Gasteiger partial charge in [0.05, 0.1) is 23.2 Å². The molecular weight excluding hydrogens is 390 g/mol. The highest BCUT2D eigenvalue weighted by molar-refractivity contribution is 6.45. The van der Waals surface area contributed by atoms with Crippen LogP contribution in [-0.2, 0) is 14.4 Å². The van der Waals surface area contributed by atoms with E-state index in [1.54, 1.807) is 23.1 Å². The maximum atomic E-state index is 12.8. The number of rotatable bonds is 7. The van der Waals surface area contributed by atoms with Crippen LogP contribution < -0.4 is 10.6 Å². The number of carbonyl (C=O) groups excluding carboxylic acids is 3. The van der Waals surface area contributed by atoms with Crippen molar-refractivity contribution >= 4 is 40.2 Å². The fourth-order valence-electron chi connectivity index (χ4n) is 3.41. The molecule has 0 bridgehead atoms. The van der Waals surface area contributed by atoms with Crippen LogP contribution in [0.3, 0.4) is 0 Å². The minimum atomic E-state index is -1.12. The van der Waals surface area contributed by atoms with Crippen LogP contribution >= 0.6 is 0 Å². The number of fused-ring (bicyclic) bond motifs is 1. The van der Waals surface area contributed by atoms with Gasteiger partial charge in [0.2, 0.25) is 5.91 Å². The monoisotopic (exact) mass is 415 g/mol. The summed E-state index contributed by atoms with van der Waals surface area (Å²) >= 11 is 0. The van der Waals surface area contributed by atoms with Crippen molar-refractivity contribution in [1.29, 1.82) is 0 Å². The lowest BCUT2D eigenvalue weighted by Gasteiger charge is -2.31. The van der Waals surface area contributed by atoms with Crippen molar-refractivity contribution in [2.75, 3.05) is 45.6 Å². The van der Waals surface area contributed by atoms with Gasteiger partial charge in [0.1, 0.15) is 6.04 Å². The number of H-pyrrole nitrogens is 1. The highest BCUT2D eigenvalue weighted by Crippen LogP contribution is 2.26. The van der Waals surface area contributed by atoms with Crippen molar-refractivity contribution < 1.29 is 24.3 Å². The number of amides is 2. The Balaban J connectivity index is 1.78. The zero-order valence-corrected chi connectivity index (χ0v) is 16.9. The number of nitrogens with one attached hydrogen (secondary N) is 3. The summed E-state index contributed by atoms with van der Waals surface area (Å²) in [5.74, 6) is -2.76. The number of Topliss-reactive ketones (excluding diaryl/α,β-unsaturated/α-hetero) is 1. The standard InChI is InChI=1S/C20H25N5O5/c1-21-15(20(29)30)10-16(26)23-14-5-3-4-12-13(11-22-17(12)14)18(27)19(28)25-8-6-24(2)7-9-25/h3-5,11,15,21-22H,6-10H2,1-2H3,(H,23,26)(H,29,30). The summed E-state index contributed by atoms with van der Waals surface area (Å²) in [5.41, 5.74) is 1.14. The van der Waals surface area contributed by atoms with E-state index in [4.69, 9.17) is 5.11 Å². The number of hydrogen-bond donors (Lipinski definition) is 4. The number of hydrogen-bond acceptors (Lipinski definition) is 6. The van der Waals surface area contributed by atoms with E-state index in [1.165, 1.54) is 13.2 Å². The third kappa shape index (κ3) is 4.50. The van der Waals surface area contributed by atoms with Crippen LogP contribution in [0, 0.1) is 0 Å². The molecule has 1 aliphatic rings. The van der Waals surface area contributed by atoms with Gasteiger partial charge in [0.15, 0.2) is 0 Å². The molecule has 3 rings (SSSR count). The van der Waals surface area contributed by atoms with E-state index in [2.05, 4.69) is 20.5 Å². The van der Waals surface area contributed by atoms with Gasteiger partial charge in [-0.2, -0.15) is 0 Å². The molecule has 0 saturated carbocycles. The summed E-state index contributed by atoms with van der Waals surface area (Å²) in [6.45, 7) is 2.43. The summed E-state index contributed by atoms with van der Waals surface area (Å²) in [7, 11) is 3.43. The Hall–Kier alpha value is -3.24. The van der Waals surface area contributed by atoms with Crippen LogP contribution in [0.2, 0.25) is 0 Å². The molecule has 160 valence electrons. The van der Waals surface area contributed by atoms with Crippen molar-refractivity contribution in [2.24, 2.45) is 0 Å². The van der Waals surface area contributed by atoms with Crippen LogP contribution in [0.5, 0.6) is 0 Å². The van der Waals surface area contributed by atoms with Crippen molar-refractivity contribution in [1.82, 2.24) is 20.1 Å². The molecule has 2 aromatic rings. The molecule has 2 amide bonds. The quantitative estimate of drug-likeness (QED) is 0.373. The van der Waals surface area contributed by atoms with Crippen LogP contribution in [0.1, 0.15) is 16.8 Å². The SMILES string of the molecule is CNC(CC(=O)Nc1cccc2c(C(=O)C(=O)N3CCN(C)CC3)c[nH]c12)C(=O)O. The van der Waals surface area contributed by atoms with Gasteiger partial charge in [-0.05, 0) is 20.2 Å². The average Bonchev–Trinajstić information content (AvgIpc) is 3.16. The Morgan fingerprint density at radius 3 is 2.50 bits per heavy atom. The molecule has 1 fully saturated rings. The first kappa shape index (κ1) is 21.5. The average molecular weight is 415 g/mol. The molecule has 0 spiro atoms. The molecule has 4 N–H and O–H groups in total. The molecule has 1 saturated heterocycles. The second kappa shape index (κ2) is 9.06. The molecule has 1 atom stereocenters. The number of para-hydroxylation sites is 1. The van der Waals surface area contributed by atoms with Gasteiger partial charge in [0, 0.05) is 37.8 Å². The Bertz CT molecular complexity index is 977. The van der Waals surface area contributed by atoms with E-state index < -0.39 is 29.6 Å². The summed E-state index contributed by atoms with van der Waals surface area (Å²) in [5, 5.41) is 14.8. The number of carbonyl (C=O) groups is 4. The zero-order valence-electron chi connectivity index (χ0n) is 16.9. The molecule has 0 radical (unpaired) electrons. The summed E-state index contributed by atoms with van der Waals surface area (Å²) in [4.78, 5) is 55.4. The third-order valence-corrected chi connectivity index (χ3v) is 5.25. The summed E-state index contributed by atoms with van der Waals surface area (Å²) in [6, 6.07) is 3.99. The molecule has 1 aromatic carbocycles. The van der Waals surface area contributed by atoms with Gasteiger partial charge in [-0.1, -0.05) is 12.1 Å². The highest BCUT2D eigenvalue weighted by Gasteiger charge is 2.28. The van der Waals surface area contributed by atoms with Crippen LogP contribution in [-0.4, -0.2) is 89.8 Å². The Morgan fingerprint density at radius 1 is 1.17 bits per heavy atom. The fraction of sp³-hybridized carbons (Fsp3) is 0.400. The van der Waals surface area contributed by atoms with Gasteiger partial charge in [-0.3, -0.25) is 19.2 Å². The second-order valence-electron chi connectivity index (χ2n) is 7.29. The molecule has 1 aromatic heterocycles. The Labute approximate surface area is 173 Å². The number of likely N-dealkylation sites (N-methyl/N-ethyl adjacent to an activating group) is 2. The number of aliphatic carboxylic acids is 1. The van der Waals surface area contributed by atoms with E-state index in [0.29, 0.717) is 42.8 Å². The van der Waals surface area contributed by atoms with Gasteiger partial charge in [-0.15, -0.1) is 0 Å². The molecule has 30 heavy (non-hydrogen) atoms. The molecule has 10 heteroatoms. The molecule has 1 aliphatic heterocycles. The fourth-order valence-corrected chi connectivity index (χ4v) is 3.41. The van der Waals surface area contributed by atoms with Crippen molar-refractivity contribution in [2.45, 2.75) is 12.5 Å². The van der Waals surface area contributed by atoms with Gasteiger partial charge < -0.3 is 30.5 Å². The molecule has 10 nitrogen and oxygen atoms in total. The number of piperazine rings is 1. The third-order valence-electron chi connectivity index (χ3n) is 5.25. The van der Waals surface area contributed by atoms with E-state index >= 15 is 0 Å². The van der Waals surface area contributed by atoms with Crippen LogP contribution in [0.15, 0.2) is 24.4 Å². The summed E-state index contributed by atoms with van der Waals surface area (Å²) in [6.07, 6.45) is 1.21. The summed E-state index contributed by atoms with van der Waals surface area (Å²) < 4.78 is 0. The molecular formula is C20H25N5O5. The number of benzene rings is 1. The number of carboxylic acid groups (broad SMARTS) is 1. The maximum absolute atomic E-state index is 12.8. The normalized spacial score (nSPS) is 15.7. The first-order valence-corrected chi connectivity index (χ1v) is 9.64. The number of nitrogens with zero attached hydrogens (tertiary/aromatic N) is 2. The van der Waals surface area contributed by atoms with Gasteiger partial charge >= 0.3 is 5.97 Å². The first-order valence-electron chi connectivity index (χ1n) is 9.64.